The van der Waals surface area contributed by atoms with Crippen molar-refractivity contribution in [3.8, 4) is 0 Å². The number of hydrogen-bond donors (Lipinski definition) is 16. The van der Waals surface area contributed by atoms with E-state index in [4.69, 9.17) is 47.4 Å². The van der Waals surface area contributed by atoms with E-state index in [1.165, 1.54) is 0 Å². The van der Waals surface area contributed by atoms with Crippen LogP contribution in [0, 0.1) is 0 Å². The van der Waals surface area contributed by atoms with E-state index in [-0.39, 0.29) is 37.3 Å². The van der Waals surface area contributed by atoms with Crippen LogP contribution in [0.2, 0.25) is 0 Å². The standard InChI is InChI=1S/C74H136O28/c1-47(77)33-25-17-15-23-29-37-49(95-71-67(89)63(85)59(81)53(43-75)99-71)35-27-19-11-7-4-3-5-8-13-21-31-39-51-41-57(79)93-45-56-62(84)66(88)70(92)74(102-56)98-52(42-58(80)94-46-55-61(83)65(87)69(91)73(97-51)101-55)40-32-22-14-10-6-9-12-20-28-36-50(38-30-24-16-18-26-34-48(2)78)96-72-68(90)64(86)60(82)54(44-76)100-72/h47-56,59-78,81-92H,3-46H2,1-2H3/t47?,48?,49?,50?,51?,52?,53-,54-,55+,56-,59-,60-,61+,62-,63+,64+,65-,66+,67-,68-,69+,70-,71-,72-,73+,74-/m1/s1. The van der Waals surface area contributed by atoms with Crippen LogP contribution in [0.3, 0.4) is 0 Å². The molecule has 28 nitrogen and oxygen atoms in total. The molecular formula is C74H136O28. The van der Waals surface area contributed by atoms with Gasteiger partial charge in [0.05, 0.1) is 62.7 Å². The fourth-order valence-electron chi connectivity index (χ4n) is 14.3. The topological polar surface area (TPSA) is 450 Å². The molecule has 0 aromatic heterocycles. The summed E-state index contributed by atoms with van der Waals surface area (Å²) in [5.74, 6) is -1.56. The molecular weight excluding hydrogens is 1340 g/mol. The predicted octanol–water partition coefficient (Wildman–Crippen LogP) is 4.21. The summed E-state index contributed by atoms with van der Waals surface area (Å²) in [6, 6.07) is 0. The molecule has 0 radical (unpaired) electrons. The molecule has 0 aromatic rings. The monoisotopic (exact) mass is 1470 g/mol. The number of carbonyl (C=O) groups excluding carboxylic acids is 2. The van der Waals surface area contributed by atoms with E-state index < -0.39 is 173 Å². The molecule has 5 aliphatic heterocycles. The average molecular weight is 1470 g/mol. The summed E-state index contributed by atoms with van der Waals surface area (Å²) in [6.45, 7) is 1.40. The Morgan fingerprint density at radius 1 is 0.324 bits per heavy atom. The van der Waals surface area contributed by atoms with Crippen molar-refractivity contribution in [1.29, 1.82) is 0 Å². The molecule has 26 atom stereocenters. The highest BCUT2D eigenvalue weighted by atomic mass is 16.7. The van der Waals surface area contributed by atoms with Crippen LogP contribution >= 0.6 is 0 Å². The first kappa shape index (κ1) is 90.6. The molecule has 4 bridgehead atoms. The predicted molar refractivity (Wildman–Crippen MR) is 370 cm³/mol. The molecule has 16 N–H and O–H groups in total. The van der Waals surface area contributed by atoms with E-state index in [9.17, 15) is 91.3 Å². The Kier molecular flexibility index (Phi) is 45.6. The summed E-state index contributed by atoms with van der Waals surface area (Å²) >= 11 is 0. The number of aliphatic hydroxyl groups excluding tert-OH is 16. The molecule has 0 saturated carbocycles. The van der Waals surface area contributed by atoms with Gasteiger partial charge in [0.15, 0.2) is 25.2 Å². The zero-order valence-electron chi connectivity index (χ0n) is 61.2. The summed E-state index contributed by atoms with van der Waals surface area (Å²) < 4.78 is 59.1. The molecule has 5 aliphatic rings. The minimum Gasteiger partial charge on any atom is -0.463 e. The zero-order valence-corrected chi connectivity index (χ0v) is 61.2. The van der Waals surface area contributed by atoms with Gasteiger partial charge < -0.3 is 129 Å². The van der Waals surface area contributed by atoms with Crippen molar-refractivity contribution in [2.45, 2.75) is 430 Å². The van der Waals surface area contributed by atoms with Gasteiger partial charge in [-0.15, -0.1) is 0 Å². The van der Waals surface area contributed by atoms with Gasteiger partial charge in [0, 0.05) is 0 Å². The largest absolute Gasteiger partial charge is 0.463 e. The van der Waals surface area contributed by atoms with Crippen LogP contribution < -0.4 is 0 Å². The van der Waals surface area contributed by atoms with E-state index in [0.717, 1.165) is 205 Å². The molecule has 6 unspecified atom stereocenters. The van der Waals surface area contributed by atoms with Crippen LogP contribution in [0.1, 0.15) is 271 Å². The SMILES string of the molecule is CC(O)CCCCCCCC(CCCCCCCCCCCCCC1CC(=O)OC[C@H]2O[C@@H](OC(CCCCCCCCCCCC(CCCCCCCC(C)O)O[C@@H]3O[C@H](CO)[C@@H](O)[C@H](O)[C@H]3O)CC(=O)OC[C@@H]3O[C@H](O1)[C@@H](O)[C@H](O)[C@H]3O)[C@H](O)[C@@H](O)[C@@H]2O)O[C@@H]1O[C@H](CO)[C@@H](O)[C@H](O)[C@H]1O. The maximum atomic E-state index is 13.6. The fraction of sp³-hybridized carbons (Fsp3) is 0.973. The number of aliphatic hydroxyl groups is 16. The molecule has 5 saturated heterocycles. The summed E-state index contributed by atoms with van der Waals surface area (Å²) in [4.78, 5) is 27.1. The molecule has 102 heavy (non-hydrogen) atoms. The van der Waals surface area contributed by atoms with Gasteiger partial charge in [0.2, 0.25) is 0 Å². The highest BCUT2D eigenvalue weighted by Gasteiger charge is 2.50. The van der Waals surface area contributed by atoms with Gasteiger partial charge in [-0.1, -0.05) is 193 Å². The third-order valence-corrected chi connectivity index (χ3v) is 20.8. The minimum atomic E-state index is -1.77. The Morgan fingerprint density at radius 3 is 0.873 bits per heavy atom. The van der Waals surface area contributed by atoms with E-state index >= 15 is 0 Å². The van der Waals surface area contributed by atoms with E-state index in [1.807, 2.05) is 0 Å². The Balaban J connectivity index is 1.03. The maximum absolute atomic E-state index is 13.6. The number of hydrogen-bond acceptors (Lipinski definition) is 28. The van der Waals surface area contributed by atoms with Gasteiger partial charge in [-0.25, -0.2) is 0 Å². The third kappa shape index (κ3) is 33.4. The van der Waals surface area contributed by atoms with Crippen LogP contribution in [0.15, 0.2) is 0 Å². The Labute approximate surface area is 605 Å². The van der Waals surface area contributed by atoms with Crippen molar-refractivity contribution >= 4 is 11.9 Å². The lowest BCUT2D eigenvalue weighted by atomic mass is 9.98. The quantitative estimate of drug-likeness (QED) is 0.0300. The lowest BCUT2D eigenvalue weighted by Crippen LogP contribution is -2.60. The number of cyclic esters (lactones) is 2. The molecule has 600 valence electrons. The average Bonchev–Trinajstić information content (AvgIpc) is 0.847. The van der Waals surface area contributed by atoms with Gasteiger partial charge in [0.1, 0.15) is 111 Å². The highest BCUT2D eigenvalue weighted by molar-refractivity contribution is 5.70. The van der Waals surface area contributed by atoms with Gasteiger partial charge >= 0.3 is 11.9 Å². The molecule has 0 aromatic carbocycles. The third-order valence-electron chi connectivity index (χ3n) is 20.8. The van der Waals surface area contributed by atoms with E-state index in [1.54, 1.807) is 13.8 Å². The molecule has 5 fully saturated rings. The minimum absolute atomic E-state index is 0.241. The number of ether oxygens (including phenoxy) is 10. The molecule has 28 heteroatoms. The second-order valence-electron chi connectivity index (χ2n) is 29.8. The Morgan fingerprint density at radius 2 is 0.588 bits per heavy atom. The van der Waals surface area contributed by atoms with Crippen molar-refractivity contribution in [2.75, 3.05) is 26.4 Å². The molecule has 5 rings (SSSR count). The number of fused-ring (bicyclic) bond motifs is 4. The van der Waals surface area contributed by atoms with Gasteiger partial charge in [0.25, 0.3) is 0 Å². The van der Waals surface area contributed by atoms with Crippen LogP contribution in [-0.2, 0) is 57.0 Å². The second kappa shape index (κ2) is 51.4. The molecule has 5 heterocycles. The normalized spacial score (nSPS) is 34.3. The first-order valence-electron chi connectivity index (χ1n) is 39.3. The van der Waals surface area contributed by atoms with Gasteiger partial charge in [-0.2, -0.15) is 0 Å². The van der Waals surface area contributed by atoms with E-state index in [0.29, 0.717) is 38.5 Å². The summed E-state index contributed by atoms with van der Waals surface area (Å²) in [5, 5.41) is 167. The van der Waals surface area contributed by atoms with Gasteiger partial charge in [-0.3, -0.25) is 9.59 Å². The fourth-order valence-corrected chi connectivity index (χ4v) is 14.3. The van der Waals surface area contributed by atoms with Crippen LogP contribution in [0.25, 0.3) is 0 Å². The van der Waals surface area contributed by atoms with Gasteiger partial charge in [-0.05, 0) is 65.2 Å². The smallest absolute Gasteiger partial charge is 0.308 e. The Bertz CT molecular complexity index is 2140. The summed E-state index contributed by atoms with van der Waals surface area (Å²) in [5.41, 5.74) is 0. The molecule has 0 amide bonds. The van der Waals surface area contributed by atoms with Crippen molar-refractivity contribution in [2.24, 2.45) is 0 Å². The van der Waals surface area contributed by atoms with Crippen molar-refractivity contribution in [3.63, 3.8) is 0 Å². The van der Waals surface area contributed by atoms with Crippen LogP contribution in [0.4, 0.5) is 0 Å². The lowest BCUT2D eigenvalue weighted by molar-refractivity contribution is -0.316. The summed E-state index contributed by atoms with van der Waals surface area (Å²) in [7, 11) is 0. The zero-order chi connectivity index (χ0) is 74.3. The van der Waals surface area contributed by atoms with Crippen molar-refractivity contribution in [1.82, 2.24) is 0 Å². The highest BCUT2D eigenvalue weighted by Crippen LogP contribution is 2.32. The molecule has 0 aliphatic carbocycles. The number of rotatable bonds is 48. The van der Waals surface area contributed by atoms with Crippen molar-refractivity contribution < 1.29 is 139 Å². The first-order chi connectivity index (χ1) is 49.0. The second-order valence-corrected chi connectivity index (χ2v) is 29.8. The molecule has 0 spiro atoms. The Hall–Kier alpha value is -2.02. The lowest BCUT2D eigenvalue weighted by Gasteiger charge is -2.42. The van der Waals surface area contributed by atoms with E-state index in [2.05, 4.69) is 0 Å². The number of unbranched alkanes of at least 4 members (excludes halogenated alkanes) is 26. The maximum Gasteiger partial charge on any atom is 0.308 e. The number of esters is 2. The van der Waals surface area contributed by atoms with Crippen LogP contribution in [-0.4, -0.2) is 280 Å². The first-order valence-corrected chi connectivity index (χ1v) is 39.3. The summed E-state index contributed by atoms with van der Waals surface area (Å²) in [6.07, 6.45) is -0.330. The number of carbonyl (C=O) groups is 2. The van der Waals surface area contributed by atoms with Crippen molar-refractivity contribution in [3.05, 3.63) is 0 Å². The van der Waals surface area contributed by atoms with Crippen LogP contribution in [0.5, 0.6) is 0 Å².